The molecule has 0 aliphatic rings. The maximum Gasteiger partial charge on any atom is 0.335 e. The first-order chi connectivity index (χ1) is 8.69. The molecule has 0 spiro atoms. The zero-order valence-corrected chi connectivity index (χ0v) is 10.9. The van der Waals surface area contributed by atoms with Gasteiger partial charge in [-0.05, 0) is 24.6 Å². The predicted molar refractivity (Wildman–Crippen MR) is 69.6 cm³/mol. The van der Waals surface area contributed by atoms with Crippen LogP contribution >= 0.6 is 0 Å². The monoisotopic (exact) mass is 252 g/mol. The second-order valence-electron chi connectivity index (χ2n) is 4.08. The fourth-order valence-electron chi connectivity index (χ4n) is 1.63. The lowest BCUT2D eigenvalue weighted by atomic mass is 10.2. The van der Waals surface area contributed by atoms with Crippen LogP contribution < -0.4 is 9.47 Å². The van der Waals surface area contributed by atoms with Gasteiger partial charge in [0.2, 0.25) is 0 Å². The van der Waals surface area contributed by atoms with E-state index in [1.807, 2.05) is 0 Å². The number of ether oxygens (including phenoxy) is 2. The van der Waals surface area contributed by atoms with E-state index in [0.717, 1.165) is 12.8 Å². The van der Waals surface area contributed by atoms with Crippen LogP contribution in [0.15, 0.2) is 18.2 Å². The van der Waals surface area contributed by atoms with Gasteiger partial charge in [-0.2, -0.15) is 0 Å². The molecule has 0 unspecified atom stereocenters. The Morgan fingerprint density at radius 1 is 1.22 bits per heavy atom. The molecule has 4 heteroatoms. The van der Waals surface area contributed by atoms with Crippen LogP contribution in [0.5, 0.6) is 11.5 Å². The summed E-state index contributed by atoms with van der Waals surface area (Å²) in [6, 6.07) is 4.64. The summed E-state index contributed by atoms with van der Waals surface area (Å²) in [5.41, 5.74) is 0.199. The van der Waals surface area contributed by atoms with Crippen molar-refractivity contribution < 1.29 is 19.4 Å². The van der Waals surface area contributed by atoms with Gasteiger partial charge in [0.1, 0.15) is 0 Å². The summed E-state index contributed by atoms with van der Waals surface area (Å²) in [6.07, 6.45) is 4.54. The fraction of sp³-hybridized carbons (Fsp3) is 0.500. The Balaban J connectivity index is 2.57. The Kier molecular flexibility index (Phi) is 6.05. The van der Waals surface area contributed by atoms with Gasteiger partial charge in [0.15, 0.2) is 11.5 Å². The average molecular weight is 252 g/mol. The van der Waals surface area contributed by atoms with Gasteiger partial charge in [0, 0.05) is 0 Å². The Hall–Kier alpha value is -1.71. The largest absolute Gasteiger partial charge is 0.493 e. The van der Waals surface area contributed by atoms with E-state index in [1.165, 1.54) is 32.1 Å². The van der Waals surface area contributed by atoms with E-state index in [4.69, 9.17) is 14.6 Å². The summed E-state index contributed by atoms with van der Waals surface area (Å²) in [5, 5.41) is 8.87. The third kappa shape index (κ3) is 4.28. The normalized spacial score (nSPS) is 10.1. The highest BCUT2D eigenvalue weighted by Crippen LogP contribution is 2.28. The number of hydrogen-bond donors (Lipinski definition) is 1. The van der Waals surface area contributed by atoms with Gasteiger partial charge in [0.05, 0.1) is 19.3 Å². The van der Waals surface area contributed by atoms with Crippen LogP contribution in [0.25, 0.3) is 0 Å². The number of hydrogen-bond acceptors (Lipinski definition) is 3. The highest BCUT2D eigenvalue weighted by Gasteiger charge is 2.09. The number of aromatic carboxylic acids is 1. The average Bonchev–Trinajstić information content (AvgIpc) is 2.38. The summed E-state index contributed by atoms with van der Waals surface area (Å²) in [5.74, 6) is 0.0900. The molecule has 0 fully saturated rings. The first kappa shape index (κ1) is 14.4. The number of benzene rings is 1. The van der Waals surface area contributed by atoms with E-state index < -0.39 is 5.97 Å². The topological polar surface area (TPSA) is 55.8 Å². The molecule has 0 saturated heterocycles. The lowest BCUT2D eigenvalue weighted by molar-refractivity contribution is 0.0696. The minimum atomic E-state index is -0.970. The van der Waals surface area contributed by atoms with Crippen molar-refractivity contribution in [1.29, 1.82) is 0 Å². The summed E-state index contributed by atoms with van der Waals surface area (Å²) in [7, 11) is 1.50. The van der Waals surface area contributed by atoms with Crippen LogP contribution in [0.2, 0.25) is 0 Å². The van der Waals surface area contributed by atoms with E-state index in [-0.39, 0.29) is 5.56 Å². The molecule has 1 rings (SSSR count). The van der Waals surface area contributed by atoms with E-state index in [2.05, 4.69) is 6.92 Å². The van der Waals surface area contributed by atoms with E-state index in [9.17, 15) is 4.79 Å². The van der Waals surface area contributed by atoms with Gasteiger partial charge in [-0.3, -0.25) is 0 Å². The molecule has 0 aliphatic heterocycles. The van der Waals surface area contributed by atoms with E-state index in [1.54, 1.807) is 6.07 Å². The molecule has 0 radical (unpaired) electrons. The Morgan fingerprint density at radius 2 is 2.00 bits per heavy atom. The molecule has 0 aromatic heterocycles. The third-order valence-electron chi connectivity index (χ3n) is 2.67. The maximum absolute atomic E-state index is 10.8. The highest BCUT2D eigenvalue weighted by atomic mass is 16.5. The number of unbranched alkanes of at least 4 members (excludes halogenated alkanes) is 3. The number of carbonyl (C=O) groups is 1. The van der Waals surface area contributed by atoms with Gasteiger partial charge in [-0.1, -0.05) is 26.2 Å². The lowest BCUT2D eigenvalue weighted by Crippen LogP contribution is -2.02. The Labute approximate surface area is 108 Å². The second kappa shape index (κ2) is 7.58. The fourth-order valence-corrected chi connectivity index (χ4v) is 1.63. The van der Waals surface area contributed by atoms with Gasteiger partial charge in [-0.25, -0.2) is 4.79 Å². The summed E-state index contributed by atoms with van der Waals surface area (Å²) < 4.78 is 10.7. The predicted octanol–water partition coefficient (Wildman–Crippen LogP) is 3.35. The van der Waals surface area contributed by atoms with Crippen molar-refractivity contribution in [3.8, 4) is 11.5 Å². The molecule has 0 bridgehead atoms. The summed E-state index contributed by atoms with van der Waals surface area (Å²) >= 11 is 0. The first-order valence-corrected chi connectivity index (χ1v) is 6.23. The molecule has 0 atom stereocenters. The molecule has 18 heavy (non-hydrogen) atoms. The Bertz CT molecular complexity index is 387. The van der Waals surface area contributed by atoms with Crippen LogP contribution in [-0.4, -0.2) is 24.8 Å². The molecule has 1 aromatic rings. The van der Waals surface area contributed by atoms with Crippen molar-refractivity contribution in [3.63, 3.8) is 0 Å². The van der Waals surface area contributed by atoms with Gasteiger partial charge < -0.3 is 14.6 Å². The van der Waals surface area contributed by atoms with E-state index >= 15 is 0 Å². The van der Waals surface area contributed by atoms with Crippen LogP contribution in [0.3, 0.4) is 0 Å². The number of carboxylic acids is 1. The molecular weight excluding hydrogens is 232 g/mol. The Morgan fingerprint density at radius 3 is 2.61 bits per heavy atom. The van der Waals surface area contributed by atoms with Gasteiger partial charge >= 0.3 is 5.97 Å². The molecule has 1 aromatic carbocycles. The maximum atomic E-state index is 10.8. The van der Waals surface area contributed by atoms with Crippen LogP contribution in [0, 0.1) is 0 Å². The van der Waals surface area contributed by atoms with Crippen LogP contribution in [0.1, 0.15) is 43.0 Å². The van der Waals surface area contributed by atoms with Gasteiger partial charge in [0.25, 0.3) is 0 Å². The molecule has 4 nitrogen and oxygen atoms in total. The summed E-state index contributed by atoms with van der Waals surface area (Å²) in [4.78, 5) is 10.8. The minimum absolute atomic E-state index is 0.199. The quantitative estimate of drug-likeness (QED) is 0.721. The molecule has 100 valence electrons. The van der Waals surface area contributed by atoms with Crippen molar-refractivity contribution >= 4 is 5.97 Å². The molecule has 0 aliphatic carbocycles. The van der Waals surface area contributed by atoms with Crippen molar-refractivity contribution in [3.05, 3.63) is 23.8 Å². The van der Waals surface area contributed by atoms with Crippen molar-refractivity contribution in [1.82, 2.24) is 0 Å². The number of rotatable bonds is 8. The number of carboxylic acid groups (broad SMARTS) is 1. The molecular formula is C14H20O4. The van der Waals surface area contributed by atoms with E-state index in [0.29, 0.717) is 18.1 Å². The first-order valence-electron chi connectivity index (χ1n) is 6.23. The lowest BCUT2D eigenvalue weighted by Gasteiger charge is -2.11. The van der Waals surface area contributed by atoms with Crippen LogP contribution in [-0.2, 0) is 0 Å². The zero-order chi connectivity index (χ0) is 13.4. The summed E-state index contributed by atoms with van der Waals surface area (Å²) in [6.45, 7) is 2.79. The zero-order valence-electron chi connectivity index (χ0n) is 10.9. The van der Waals surface area contributed by atoms with Crippen LogP contribution in [0.4, 0.5) is 0 Å². The smallest absolute Gasteiger partial charge is 0.335 e. The number of methoxy groups -OCH3 is 1. The van der Waals surface area contributed by atoms with Crippen molar-refractivity contribution in [2.45, 2.75) is 32.6 Å². The third-order valence-corrected chi connectivity index (χ3v) is 2.67. The minimum Gasteiger partial charge on any atom is -0.493 e. The van der Waals surface area contributed by atoms with Crippen molar-refractivity contribution in [2.24, 2.45) is 0 Å². The highest BCUT2D eigenvalue weighted by molar-refractivity contribution is 5.88. The second-order valence-corrected chi connectivity index (χ2v) is 4.08. The SMILES string of the molecule is CCCCCCOc1ccc(C(=O)O)cc1OC. The molecule has 1 N–H and O–H groups in total. The molecule has 0 amide bonds. The van der Waals surface area contributed by atoms with Gasteiger partial charge in [-0.15, -0.1) is 0 Å². The molecule has 0 saturated carbocycles. The molecule has 0 heterocycles. The standard InChI is InChI=1S/C14H20O4/c1-3-4-5-6-9-18-12-8-7-11(14(15)16)10-13(12)17-2/h7-8,10H,3-6,9H2,1-2H3,(H,15,16). The van der Waals surface area contributed by atoms with Crippen molar-refractivity contribution in [2.75, 3.05) is 13.7 Å².